The van der Waals surface area contributed by atoms with Gasteiger partial charge in [0.25, 0.3) is 0 Å². The van der Waals surface area contributed by atoms with Crippen LogP contribution in [0, 0.1) is 13.8 Å². The van der Waals surface area contributed by atoms with Gasteiger partial charge in [-0.15, -0.1) is 11.3 Å². The van der Waals surface area contributed by atoms with Gasteiger partial charge in [0.15, 0.2) is 5.13 Å². The van der Waals surface area contributed by atoms with Gasteiger partial charge in [0, 0.05) is 16.5 Å². The zero-order valence-electron chi connectivity index (χ0n) is 17.1. The highest BCUT2D eigenvalue weighted by Gasteiger charge is 2.11. The Hall–Kier alpha value is -2.92. The molecule has 2 aromatic carbocycles. The summed E-state index contributed by atoms with van der Waals surface area (Å²) in [6, 6.07) is 16.0. The summed E-state index contributed by atoms with van der Waals surface area (Å²) in [5.74, 6) is 0.652. The average molecular weight is 407 g/mol. The Kier molecular flexibility index (Phi) is 7.19. The minimum Gasteiger partial charge on any atom is -0.494 e. The van der Waals surface area contributed by atoms with Crippen LogP contribution in [0.2, 0.25) is 0 Å². The Labute approximate surface area is 176 Å². The lowest BCUT2D eigenvalue weighted by molar-refractivity contribution is -0.111. The lowest BCUT2D eigenvalue weighted by Gasteiger charge is -2.05. The van der Waals surface area contributed by atoms with Gasteiger partial charge in [-0.25, -0.2) is 4.98 Å². The fourth-order valence-electron chi connectivity index (χ4n) is 2.76. The van der Waals surface area contributed by atoms with E-state index in [1.54, 1.807) is 6.08 Å². The number of carbonyl (C=O) groups excluding carboxylic acids is 1. The molecule has 0 spiro atoms. The molecule has 0 atom stereocenters. The average Bonchev–Trinajstić information content (AvgIpc) is 3.08. The molecule has 29 heavy (non-hydrogen) atoms. The molecule has 1 amide bonds. The van der Waals surface area contributed by atoms with Crippen LogP contribution in [0.15, 0.2) is 54.6 Å². The lowest BCUT2D eigenvalue weighted by Crippen LogP contribution is -2.07. The van der Waals surface area contributed by atoms with Crippen molar-refractivity contribution in [1.82, 2.24) is 4.98 Å². The Balaban J connectivity index is 1.59. The predicted molar refractivity (Wildman–Crippen MR) is 122 cm³/mol. The van der Waals surface area contributed by atoms with Crippen LogP contribution < -0.4 is 10.1 Å². The number of hydrogen-bond acceptors (Lipinski definition) is 4. The van der Waals surface area contributed by atoms with Crippen LogP contribution in [0.5, 0.6) is 5.75 Å². The fourth-order valence-corrected chi connectivity index (χ4v) is 3.60. The van der Waals surface area contributed by atoms with E-state index in [1.165, 1.54) is 23.0 Å². The number of nitrogens with zero attached hydrogens (tertiary/aromatic N) is 1. The summed E-state index contributed by atoms with van der Waals surface area (Å²) in [4.78, 5) is 17.9. The summed E-state index contributed by atoms with van der Waals surface area (Å²) in [6.45, 7) is 6.94. The summed E-state index contributed by atoms with van der Waals surface area (Å²) in [6.07, 6.45) is 5.46. The maximum Gasteiger partial charge on any atom is 0.250 e. The van der Waals surface area contributed by atoms with Gasteiger partial charge in [0.2, 0.25) is 5.91 Å². The maximum absolute atomic E-state index is 12.3. The minimum absolute atomic E-state index is 0.197. The van der Waals surface area contributed by atoms with Gasteiger partial charge < -0.3 is 4.74 Å². The number of aromatic nitrogens is 1. The van der Waals surface area contributed by atoms with E-state index in [-0.39, 0.29) is 5.91 Å². The quantitative estimate of drug-likeness (QED) is 0.355. The highest BCUT2D eigenvalue weighted by molar-refractivity contribution is 7.16. The van der Waals surface area contributed by atoms with Crippen LogP contribution in [0.25, 0.3) is 17.3 Å². The van der Waals surface area contributed by atoms with Gasteiger partial charge in [-0.3, -0.25) is 10.1 Å². The van der Waals surface area contributed by atoms with E-state index in [0.29, 0.717) is 5.13 Å². The summed E-state index contributed by atoms with van der Waals surface area (Å²) >= 11 is 1.48. The molecule has 5 heteroatoms. The fraction of sp³-hybridized carbons (Fsp3) is 0.250. The van der Waals surface area contributed by atoms with Gasteiger partial charge in [0.05, 0.1) is 12.3 Å². The largest absolute Gasteiger partial charge is 0.494 e. The number of amides is 1. The molecule has 0 fully saturated rings. The Morgan fingerprint density at radius 1 is 1.10 bits per heavy atom. The van der Waals surface area contributed by atoms with Crippen LogP contribution in [0.3, 0.4) is 0 Å². The molecule has 3 rings (SSSR count). The lowest BCUT2D eigenvalue weighted by atomic mass is 10.1. The van der Waals surface area contributed by atoms with Gasteiger partial charge >= 0.3 is 0 Å². The molecule has 0 aliphatic rings. The molecule has 0 unspecified atom stereocenters. The minimum atomic E-state index is -0.197. The highest BCUT2D eigenvalue weighted by atomic mass is 32.1. The van der Waals surface area contributed by atoms with Gasteiger partial charge in [-0.1, -0.05) is 55.3 Å². The second-order valence-electron chi connectivity index (χ2n) is 6.88. The van der Waals surface area contributed by atoms with Crippen molar-refractivity contribution in [3.63, 3.8) is 0 Å². The van der Waals surface area contributed by atoms with Gasteiger partial charge in [0.1, 0.15) is 5.75 Å². The smallest absolute Gasteiger partial charge is 0.250 e. The molecule has 0 aliphatic carbocycles. The van der Waals surface area contributed by atoms with Crippen molar-refractivity contribution in [2.45, 2.75) is 33.6 Å². The molecule has 4 nitrogen and oxygen atoms in total. The molecule has 1 heterocycles. The number of unbranched alkanes of at least 4 members (excludes halogenated alkanes) is 1. The number of aryl methyl sites for hydroxylation is 2. The van der Waals surface area contributed by atoms with Crippen LogP contribution in [-0.2, 0) is 4.79 Å². The SMILES string of the molecule is CCCCOc1ccc(C=CC(=O)Nc2nc(-c3ccc(C)cc3)c(C)s2)cc1. The second kappa shape index (κ2) is 10.0. The Morgan fingerprint density at radius 2 is 1.83 bits per heavy atom. The first-order valence-electron chi connectivity index (χ1n) is 9.81. The summed E-state index contributed by atoms with van der Waals surface area (Å²) in [5.41, 5.74) is 4.12. The number of rotatable bonds is 8. The third-order valence-electron chi connectivity index (χ3n) is 4.43. The molecular weight excluding hydrogens is 380 g/mol. The van der Waals surface area contributed by atoms with E-state index >= 15 is 0 Å². The zero-order valence-corrected chi connectivity index (χ0v) is 17.9. The first kappa shape index (κ1) is 20.8. The van der Waals surface area contributed by atoms with E-state index in [0.717, 1.165) is 46.9 Å². The monoisotopic (exact) mass is 406 g/mol. The van der Waals surface area contributed by atoms with Crippen LogP contribution in [0.1, 0.15) is 35.8 Å². The van der Waals surface area contributed by atoms with E-state index in [4.69, 9.17) is 4.74 Å². The van der Waals surface area contributed by atoms with Crippen LogP contribution in [0.4, 0.5) is 5.13 Å². The number of carbonyl (C=O) groups is 1. The molecule has 0 saturated heterocycles. The van der Waals surface area contributed by atoms with Gasteiger partial charge in [-0.05, 0) is 44.0 Å². The van der Waals surface area contributed by atoms with E-state index in [1.807, 2.05) is 31.2 Å². The number of ether oxygens (including phenoxy) is 1. The number of nitrogens with one attached hydrogen (secondary N) is 1. The van der Waals surface area contributed by atoms with Gasteiger partial charge in [-0.2, -0.15) is 0 Å². The molecule has 1 aromatic heterocycles. The Bertz CT molecular complexity index is 973. The number of anilines is 1. The van der Waals surface area contributed by atoms with Crippen molar-refractivity contribution in [3.8, 4) is 17.0 Å². The molecular formula is C24H26N2O2S. The Morgan fingerprint density at radius 3 is 2.52 bits per heavy atom. The van der Waals surface area contributed by atoms with Crippen molar-refractivity contribution in [3.05, 3.63) is 70.6 Å². The van der Waals surface area contributed by atoms with E-state index in [9.17, 15) is 4.79 Å². The molecule has 0 saturated carbocycles. The van der Waals surface area contributed by atoms with Crippen LogP contribution >= 0.6 is 11.3 Å². The molecule has 1 N–H and O–H groups in total. The number of benzene rings is 2. The number of hydrogen-bond donors (Lipinski definition) is 1. The highest BCUT2D eigenvalue weighted by Crippen LogP contribution is 2.30. The summed E-state index contributed by atoms with van der Waals surface area (Å²) in [7, 11) is 0. The van der Waals surface area contributed by atoms with Crippen molar-refractivity contribution in [2.24, 2.45) is 0 Å². The zero-order chi connectivity index (χ0) is 20.6. The third-order valence-corrected chi connectivity index (χ3v) is 5.31. The van der Waals surface area contributed by atoms with E-state index < -0.39 is 0 Å². The normalized spacial score (nSPS) is 11.0. The summed E-state index contributed by atoms with van der Waals surface area (Å²) in [5, 5.41) is 3.46. The van der Waals surface area contributed by atoms with Crippen LogP contribution in [-0.4, -0.2) is 17.5 Å². The topological polar surface area (TPSA) is 51.2 Å². The molecule has 150 valence electrons. The first-order chi connectivity index (χ1) is 14.0. The third kappa shape index (κ3) is 6.03. The predicted octanol–water partition coefficient (Wildman–Crippen LogP) is 6.26. The molecule has 3 aromatic rings. The van der Waals surface area contributed by atoms with Crippen molar-refractivity contribution < 1.29 is 9.53 Å². The van der Waals surface area contributed by atoms with Crippen molar-refractivity contribution in [2.75, 3.05) is 11.9 Å². The van der Waals surface area contributed by atoms with Crippen molar-refractivity contribution in [1.29, 1.82) is 0 Å². The molecule has 0 bridgehead atoms. The number of thiazole rings is 1. The summed E-state index contributed by atoms with van der Waals surface area (Å²) < 4.78 is 5.65. The first-order valence-corrected chi connectivity index (χ1v) is 10.6. The molecule has 0 aliphatic heterocycles. The van der Waals surface area contributed by atoms with Crippen molar-refractivity contribution >= 4 is 28.5 Å². The molecule has 0 radical (unpaired) electrons. The standard InChI is InChI=1S/C24H26N2O2S/c1-4-5-16-28-21-13-8-19(9-14-21)10-15-22(27)25-24-26-23(18(3)29-24)20-11-6-17(2)7-12-20/h6-15H,4-5,16H2,1-3H3,(H,25,26,27). The van der Waals surface area contributed by atoms with E-state index in [2.05, 4.69) is 48.4 Å². The second-order valence-corrected chi connectivity index (χ2v) is 8.09. The maximum atomic E-state index is 12.3.